The van der Waals surface area contributed by atoms with Gasteiger partial charge in [0, 0.05) is 12.1 Å². The van der Waals surface area contributed by atoms with Crippen LogP contribution in [0.15, 0.2) is 54.6 Å². The summed E-state index contributed by atoms with van der Waals surface area (Å²) in [6.45, 7) is 6.01. The Morgan fingerprint density at radius 3 is 2.23 bits per heavy atom. The largest absolute Gasteiger partial charge is 0.494 e. The smallest absolute Gasteiger partial charge is 0.326 e. The minimum Gasteiger partial charge on any atom is -0.494 e. The number of carbonyl (C=O) groups excluding carboxylic acids is 3. The van der Waals surface area contributed by atoms with Crippen molar-refractivity contribution >= 4 is 17.8 Å². The van der Waals surface area contributed by atoms with Crippen molar-refractivity contribution in [3.8, 4) is 5.75 Å². The van der Waals surface area contributed by atoms with E-state index in [4.69, 9.17) is 9.47 Å². The Hall–Kier alpha value is -3.35. The highest BCUT2D eigenvalue weighted by Crippen LogP contribution is 2.13. The normalized spacial score (nSPS) is 12.4. The molecule has 0 bridgehead atoms. The topological polar surface area (TPSA) is 93.7 Å². The maximum Gasteiger partial charge on any atom is 0.326 e. The van der Waals surface area contributed by atoms with Gasteiger partial charge in [-0.05, 0) is 49.6 Å². The quantitative estimate of drug-likeness (QED) is 0.585. The second-order valence-electron chi connectivity index (χ2n) is 6.83. The van der Waals surface area contributed by atoms with Crippen molar-refractivity contribution in [2.45, 2.75) is 32.8 Å². The Morgan fingerprint density at radius 1 is 0.933 bits per heavy atom. The summed E-state index contributed by atoms with van der Waals surface area (Å²) in [5, 5.41) is 5.26. The van der Waals surface area contributed by atoms with Gasteiger partial charge in [0.15, 0.2) is 6.10 Å². The molecule has 0 fully saturated rings. The molecule has 0 spiro atoms. The molecule has 2 aromatic carbocycles. The van der Waals surface area contributed by atoms with Crippen molar-refractivity contribution < 1.29 is 23.9 Å². The van der Waals surface area contributed by atoms with Crippen molar-refractivity contribution in [3.63, 3.8) is 0 Å². The maximum atomic E-state index is 12.2. The number of hydrogen-bond acceptors (Lipinski definition) is 5. The number of carbonyl (C=O) groups is 3. The zero-order valence-electron chi connectivity index (χ0n) is 17.5. The van der Waals surface area contributed by atoms with E-state index in [0.717, 1.165) is 5.56 Å². The van der Waals surface area contributed by atoms with Crippen LogP contribution in [0.5, 0.6) is 5.75 Å². The molecule has 0 aliphatic rings. The van der Waals surface area contributed by atoms with E-state index >= 15 is 0 Å². The van der Waals surface area contributed by atoms with Crippen LogP contribution in [-0.4, -0.2) is 43.6 Å². The molecule has 2 aromatic rings. The first-order valence-electron chi connectivity index (χ1n) is 9.94. The first-order valence-corrected chi connectivity index (χ1v) is 9.94. The maximum absolute atomic E-state index is 12.2. The van der Waals surface area contributed by atoms with Crippen LogP contribution in [0, 0.1) is 0 Å². The molecule has 160 valence electrons. The van der Waals surface area contributed by atoms with Crippen LogP contribution in [0.2, 0.25) is 0 Å². The Balaban J connectivity index is 1.72. The van der Waals surface area contributed by atoms with Gasteiger partial charge in [-0.2, -0.15) is 0 Å². The van der Waals surface area contributed by atoms with E-state index in [0.29, 0.717) is 24.5 Å². The number of ether oxygens (including phenoxy) is 2. The van der Waals surface area contributed by atoms with Gasteiger partial charge in [-0.1, -0.05) is 37.3 Å². The third kappa shape index (κ3) is 7.24. The van der Waals surface area contributed by atoms with Gasteiger partial charge >= 0.3 is 5.97 Å². The van der Waals surface area contributed by atoms with Crippen LogP contribution in [0.4, 0.5) is 0 Å². The third-order valence-corrected chi connectivity index (χ3v) is 4.45. The fraction of sp³-hybridized carbons (Fsp3) is 0.348. The van der Waals surface area contributed by atoms with E-state index in [2.05, 4.69) is 10.6 Å². The molecule has 2 N–H and O–H groups in total. The van der Waals surface area contributed by atoms with E-state index in [1.165, 1.54) is 6.92 Å². The molecule has 2 atom stereocenters. The second-order valence-corrected chi connectivity index (χ2v) is 6.83. The lowest BCUT2D eigenvalue weighted by atomic mass is 10.0. The summed E-state index contributed by atoms with van der Waals surface area (Å²) < 4.78 is 10.4. The average molecular weight is 412 g/mol. The van der Waals surface area contributed by atoms with Crippen molar-refractivity contribution in [2.24, 2.45) is 0 Å². The van der Waals surface area contributed by atoms with Crippen molar-refractivity contribution in [3.05, 3.63) is 65.7 Å². The minimum atomic E-state index is -0.956. The molecule has 0 aromatic heterocycles. The van der Waals surface area contributed by atoms with Crippen LogP contribution in [0.3, 0.4) is 0 Å². The molecule has 0 saturated heterocycles. The highest BCUT2D eigenvalue weighted by atomic mass is 16.5. The van der Waals surface area contributed by atoms with Crippen molar-refractivity contribution in [2.75, 3.05) is 19.7 Å². The van der Waals surface area contributed by atoms with Crippen LogP contribution in [0.1, 0.15) is 42.6 Å². The predicted molar refractivity (Wildman–Crippen MR) is 113 cm³/mol. The van der Waals surface area contributed by atoms with E-state index in [9.17, 15) is 14.4 Å². The van der Waals surface area contributed by atoms with Gasteiger partial charge in [0.1, 0.15) is 12.3 Å². The average Bonchev–Trinajstić information content (AvgIpc) is 2.76. The van der Waals surface area contributed by atoms with Crippen molar-refractivity contribution in [1.82, 2.24) is 10.6 Å². The fourth-order valence-corrected chi connectivity index (χ4v) is 2.71. The first-order chi connectivity index (χ1) is 14.4. The number of amides is 2. The van der Waals surface area contributed by atoms with Gasteiger partial charge in [0.05, 0.1) is 6.61 Å². The first kappa shape index (κ1) is 22.9. The number of hydrogen-bond donors (Lipinski definition) is 2. The Labute approximate surface area is 176 Å². The van der Waals surface area contributed by atoms with Gasteiger partial charge in [-0.15, -0.1) is 0 Å². The number of benzene rings is 2. The highest BCUT2D eigenvalue weighted by Gasteiger charge is 2.19. The van der Waals surface area contributed by atoms with E-state index < -0.39 is 18.0 Å². The summed E-state index contributed by atoms with van der Waals surface area (Å²) in [7, 11) is 0. The van der Waals surface area contributed by atoms with Gasteiger partial charge < -0.3 is 20.1 Å². The Kier molecular flexibility index (Phi) is 8.87. The molecule has 7 heteroatoms. The lowest BCUT2D eigenvalue weighted by Crippen LogP contribution is -2.39. The lowest BCUT2D eigenvalue weighted by molar-refractivity contribution is -0.153. The van der Waals surface area contributed by atoms with E-state index in [-0.39, 0.29) is 18.4 Å². The molecule has 0 aliphatic carbocycles. The second kappa shape index (κ2) is 11.6. The van der Waals surface area contributed by atoms with E-state index in [1.54, 1.807) is 24.3 Å². The Bertz CT molecular complexity index is 836. The third-order valence-electron chi connectivity index (χ3n) is 4.45. The fourth-order valence-electron chi connectivity index (χ4n) is 2.71. The molecule has 0 heterocycles. The molecular weight excluding hydrogens is 384 g/mol. The summed E-state index contributed by atoms with van der Waals surface area (Å²) in [6.07, 6.45) is -0.956. The summed E-state index contributed by atoms with van der Waals surface area (Å²) in [5.41, 5.74) is 1.51. The van der Waals surface area contributed by atoms with E-state index in [1.807, 2.05) is 44.2 Å². The standard InChI is InChI=1S/C23H28N2O5/c1-4-29-20-12-10-19(11-13-20)23(28)25-15-21(26)30-17(3)22(27)24-14-16(2)18-8-6-5-7-9-18/h5-13,16-17H,4,14-15H2,1-3H3,(H,24,27)(H,25,28)/t16-,17+/m1/s1. The zero-order valence-corrected chi connectivity index (χ0v) is 17.5. The molecular formula is C23H28N2O5. The predicted octanol–water partition coefficient (Wildman–Crippen LogP) is 2.67. The highest BCUT2D eigenvalue weighted by molar-refractivity contribution is 5.96. The van der Waals surface area contributed by atoms with Gasteiger partial charge in [-0.3, -0.25) is 14.4 Å². The van der Waals surface area contributed by atoms with Gasteiger partial charge in [-0.25, -0.2) is 0 Å². The summed E-state index contributed by atoms with van der Waals surface area (Å²) in [4.78, 5) is 36.2. The molecule has 0 unspecified atom stereocenters. The molecule has 0 aliphatic heterocycles. The number of esters is 1. The SMILES string of the molecule is CCOc1ccc(C(=O)NCC(=O)O[C@@H](C)C(=O)NC[C@@H](C)c2ccccc2)cc1. The molecule has 2 rings (SSSR count). The number of rotatable bonds is 10. The van der Waals surface area contributed by atoms with Crippen LogP contribution >= 0.6 is 0 Å². The lowest BCUT2D eigenvalue weighted by Gasteiger charge is -2.17. The molecule has 2 amide bonds. The molecule has 0 radical (unpaired) electrons. The van der Waals surface area contributed by atoms with Crippen LogP contribution < -0.4 is 15.4 Å². The van der Waals surface area contributed by atoms with Gasteiger partial charge in [0.25, 0.3) is 11.8 Å². The number of nitrogens with one attached hydrogen (secondary N) is 2. The summed E-state index contributed by atoms with van der Waals surface area (Å²) in [5.74, 6) is -0.692. The summed E-state index contributed by atoms with van der Waals surface area (Å²) in [6, 6.07) is 16.4. The van der Waals surface area contributed by atoms with Crippen LogP contribution in [-0.2, 0) is 14.3 Å². The summed E-state index contributed by atoms with van der Waals surface area (Å²) >= 11 is 0. The monoisotopic (exact) mass is 412 g/mol. The zero-order chi connectivity index (χ0) is 21.9. The van der Waals surface area contributed by atoms with Crippen molar-refractivity contribution in [1.29, 1.82) is 0 Å². The van der Waals surface area contributed by atoms with Crippen LogP contribution in [0.25, 0.3) is 0 Å². The molecule has 7 nitrogen and oxygen atoms in total. The Morgan fingerprint density at radius 2 is 1.60 bits per heavy atom. The molecule has 30 heavy (non-hydrogen) atoms. The minimum absolute atomic E-state index is 0.131. The van der Waals surface area contributed by atoms with Gasteiger partial charge in [0.2, 0.25) is 0 Å². The molecule has 0 saturated carbocycles.